The molecule has 0 saturated heterocycles. The van der Waals surface area contributed by atoms with E-state index >= 15 is 0 Å². The Labute approximate surface area is 172 Å². The van der Waals surface area contributed by atoms with Crippen LogP contribution in [0.2, 0.25) is 0 Å². The first-order chi connectivity index (χ1) is 14.5. The van der Waals surface area contributed by atoms with E-state index in [1.54, 1.807) is 25.1 Å². The van der Waals surface area contributed by atoms with Crippen molar-refractivity contribution in [2.75, 3.05) is 26.6 Å². The average molecular weight is 407 g/mol. The predicted molar refractivity (Wildman–Crippen MR) is 114 cm³/mol. The summed E-state index contributed by atoms with van der Waals surface area (Å²) in [5.74, 6) is 2.25. The van der Waals surface area contributed by atoms with Crippen molar-refractivity contribution in [2.45, 2.75) is 6.92 Å². The largest absolute Gasteiger partial charge is 0.493 e. The van der Waals surface area contributed by atoms with E-state index in [0.717, 1.165) is 5.69 Å². The molecule has 2 heterocycles. The van der Waals surface area contributed by atoms with Gasteiger partial charge in [-0.3, -0.25) is 0 Å². The van der Waals surface area contributed by atoms with Crippen molar-refractivity contribution in [3.8, 4) is 28.4 Å². The average Bonchev–Trinajstić information content (AvgIpc) is 3.11. The summed E-state index contributed by atoms with van der Waals surface area (Å²) in [6.45, 7) is 1.70. The van der Waals surface area contributed by atoms with Gasteiger partial charge in [0, 0.05) is 11.8 Å². The highest BCUT2D eigenvalue weighted by molar-refractivity contribution is 6.01. The van der Waals surface area contributed by atoms with Gasteiger partial charge in [0.05, 0.1) is 26.9 Å². The van der Waals surface area contributed by atoms with E-state index in [4.69, 9.17) is 23.0 Å². The first-order valence-electron chi connectivity index (χ1n) is 9.25. The zero-order chi connectivity index (χ0) is 21.3. The van der Waals surface area contributed by atoms with Crippen molar-refractivity contribution in [1.82, 2.24) is 0 Å². The Morgan fingerprint density at radius 2 is 1.53 bits per heavy atom. The van der Waals surface area contributed by atoms with Crippen molar-refractivity contribution < 1.29 is 23.0 Å². The van der Waals surface area contributed by atoms with Crippen LogP contribution in [-0.4, -0.2) is 21.3 Å². The monoisotopic (exact) mass is 407 g/mol. The molecule has 0 aliphatic carbocycles. The van der Waals surface area contributed by atoms with Gasteiger partial charge in [-0.15, -0.1) is 0 Å². The van der Waals surface area contributed by atoms with Gasteiger partial charge >= 0.3 is 5.63 Å². The molecule has 154 valence electrons. The number of hydrogen-bond donors (Lipinski definition) is 1. The lowest BCUT2D eigenvalue weighted by atomic mass is 10.0. The van der Waals surface area contributed by atoms with E-state index in [2.05, 4.69) is 5.32 Å². The molecule has 0 radical (unpaired) electrons. The normalized spacial score (nSPS) is 10.8. The maximum Gasteiger partial charge on any atom is 0.347 e. The van der Waals surface area contributed by atoms with Gasteiger partial charge in [-0.05, 0) is 36.8 Å². The highest BCUT2D eigenvalue weighted by atomic mass is 16.5. The number of nitrogens with one attached hydrogen (secondary N) is 1. The Bertz CT molecular complexity index is 1230. The molecule has 0 bridgehead atoms. The standard InChI is InChI=1S/C23H21NO6/c1-13-10-16-20(23(25)29-13)19(22(30-16)24-15-8-6-5-7-9-15)14-11-17(26-2)21(28-4)18(12-14)27-3/h5-12,24H,1-4H3. The number of methoxy groups -OCH3 is 3. The molecule has 4 aromatic rings. The van der Waals surface area contributed by atoms with E-state index in [1.807, 2.05) is 30.3 Å². The summed E-state index contributed by atoms with van der Waals surface area (Å²) in [6.07, 6.45) is 0. The molecule has 0 aliphatic heterocycles. The number of anilines is 2. The first-order valence-corrected chi connectivity index (χ1v) is 9.25. The summed E-state index contributed by atoms with van der Waals surface area (Å²) in [4.78, 5) is 12.7. The molecule has 0 amide bonds. The molecule has 2 aromatic heterocycles. The van der Waals surface area contributed by atoms with Gasteiger partial charge in [0.2, 0.25) is 11.6 Å². The topological polar surface area (TPSA) is 83.1 Å². The summed E-state index contributed by atoms with van der Waals surface area (Å²) >= 11 is 0. The van der Waals surface area contributed by atoms with Crippen molar-refractivity contribution in [1.29, 1.82) is 0 Å². The van der Waals surface area contributed by atoms with E-state index in [1.165, 1.54) is 21.3 Å². The lowest BCUT2D eigenvalue weighted by molar-refractivity contribution is 0.324. The van der Waals surface area contributed by atoms with Crippen LogP contribution in [0.1, 0.15) is 5.76 Å². The molecule has 7 heteroatoms. The highest BCUT2D eigenvalue weighted by Crippen LogP contribution is 2.45. The first kappa shape index (κ1) is 19.4. The Hall–Kier alpha value is -3.87. The summed E-state index contributed by atoms with van der Waals surface area (Å²) in [5.41, 5.74) is 1.94. The minimum atomic E-state index is -0.487. The maximum absolute atomic E-state index is 12.7. The van der Waals surface area contributed by atoms with Crippen LogP contribution < -0.4 is 25.2 Å². The summed E-state index contributed by atoms with van der Waals surface area (Å²) in [5, 5.41) is 3.58. The van der Waals surface area contributed by atoms with Crippen LogP contribution in [0.5, 0.6) is 17.2 Å². The lowest BCUT2D eigenvalue weighted by Crippen LogP contribution is -2.01. The SMILES string of the molecule is COc1cc(-c2c(Nc3ccccc3)oc3cc(C)oc(=O)c23)cc(OC)c1OC. The van der Waals surface area contributed by atoms with Crippen LogP contribution in [0.4, 0.5) is 11.6 Å². The van der Waals surface area contributed by atoms with E-state index in [-0.39, 0.29) is 0 Å². The Morgan fingerprint density at radius 3 is 2.13 bits per heavy atom. The number of hydrogen-bond acceptors (Lipinski definition) is 7. The van der Waals surface area contributed by atoms with Crippen LogP contribution >= 0.6 is 0 Å². The van der Waals surface area contributed by atoms with Gasteiger partial charge in [0.25, 0.3) is 0 Å². The Balaban J connectivity index is 2.02. The zero-order valence-electron chi connectivity index (χ0n) is 17.1. The van der Waals surface area contributed by atoms with Gasteiger partial charge in [0.15, 0.2) is 11.5 Å². The Kier molecular flexibility index (Phi) is 5.10. The second-order valence-electron chi connectivity index (χ2n) is 6.59. The third-order valence-electron chi connectivity index (χ3n) is 4.71. The molecule has 1 N–H and O–H groups in total. The van der Waals surface area contributed by atoms with Crippen molar-refractivity contribution in [2.24, 2.45) is 0 Å². The van der Waals surface area contributed by atoms with Crippen LogP contribution in [0, 0.1) is 6.92 Å². The molecule has 4 rings (SSSR count). The lowest BCUT2D eigenvalue weighted by Gasteiger charge is -2.14. The molecular formula is C23H21NO6. The Morgan fingerprint density at radius 1 is 0.867 bits per heavy atom. The van der Waals surface area contributed by atoms with E-state index in [0.29, 0.717) is 51.0 Å². The quantitative estimate of drug-likeness (QED) is 0.474. The minimum Gasteiger partial charge on any atom is -0.493 e. The van der Waals surface area contributed by atoms with Crippen LogP contribution in [0.3, 0.4) is 0 Å². The number of aryl methyl sites for hydroxylation is 1. The zero-order valence-corrected chi connectivity index (χ0v) is 17.1. The fourth-order valence-corrected chi connectivity index (χ4v) is 3.41. The van der Waals surface area contributed by atoms with Gasteiger partial charge < -0.3 is 28.4 Å². The third kappa shape index (κ3) is 3.34. The number of rotatable bonds is 6. The fraction of sp³-hybridized carbons (Fsp3) is 0.174. The molecule has 0 aliphatic rings. The molecule has 0 atom stereocenters. The molecule has 0 unspecified atom stereocenters. The predicted octanol–water partition coefficient (Wildman–Crippen LogP) is 5.13. The molecule has 30 heavy (non-hydrogen) atoms. The number of benzene rings is 2. The molecule has 0 fully saturated rings. The van der Waals surface area contributed by atoms with Crippen LogP contribution in [0.25, 0.3) is 22.1 Å². The summed E-state index contributed by atoms with van der Waals surface area (Å²) in [7, 11) is 4.61. The van der Waals surface area contributed by atoms with Crippen molar-refractivity contribution in [3.05, 3.63) is 64.7 Å². The minimum absolute atomic E-state index is 0.327. The second-order valence-corrected chi connectivity index (χ2v) is 6.59. The fourth-order valence-electron chi connectivity index (χ4n) is 3.41. The van der Waals surface area contributed by atoms with Gasteiger partial charge in [-0.25, -0.2) is 4.79 Å². The third-order valence-corrected chi connectivity index (χ3v) is 4.71. The smallest absolute Gasteiger partial charge is 0.347 e. The van der Waals surface area contributed by atoms with E-state index in [9.17, 15) is 4.79 Å². The maximum atomic E-state index is 12.7. The molecule has 7 nitrogen and oxygen atoms in total. The molecule has 0 spiro atoms. The van der Waals surface area contributed by atoms with Crippen molar-refractivity contribution in [3.63, 3.8) is 0 Å². The molecule has 2 aromatic carbocycles. The van der Waals surface area contributed by atoms with Gasteiger partial charge in [-0.2, -0.15) is 0 Å². The van der Waals surface area contributed by atoms with Crippen molar-refractivity contribution >= 4 is 22.5 Å². The van der Waals surface area contributed by atoms with E-state index < -0.39 is 5.63 Å². The van der Waals surface area contributed by atoms with Crippen LogP contribution in [0.15, 0.2) is 62.2 Å². The van der Waals surface area contributed by atoms with Crippen LogP contribution in [-0.2, 0) is 0 Å². The highest BCUT2D eigenvalue weighted by Gasteiger charge is 2.24. The number of fused-ring (bicyclic) bond motifs is 1. The molecular weight excluding hydrogens is 386 g/mol. The summed E-state index contributed by atoms with van der Waals surface area (Å²) in [6, 6.07) is 14.8. The summed E-state index contributed by atoms with van der Waals surface area (Å²) < 4.78 is 27.8. The van der Waals surface area contributed by atoms with Gasteiger partial charge in [-0.1, -0.05) is 18.2 Å². The second kappa shape index (κ2) is 7.87. The molecule has 0 saturated carbocycles. The number of ether oxygens (including phenoxy) is 3. The van der Waals surface area contributed by atoms with Gasteiger partial charge in [0.1, 0.15) is 16.7 Å². The number of para-hydroxylation sites is 1. The number of furan rings is 1.